The third-order valence-corrected chi connectivity index (χ3v) is 5.89. The summed E-state index contributed by atoms with van der Waals surface area (Å²) >= 11 is 0. The molecule has 5 atom stereocenters. The van der Waals surface area contributed by atoms with E-state index in [9.17, 15) is 9.90 Å². The largest absolute Gasteiger partial charge is 0.465 e. The highest BCUT2D eigenvalue weighted by Crippen LogP contribution is 2.62. The predicted molar refractivity (Wildman–Crippen MR) is 67.8 cm³/mol. The molecule has 1 N–H and O–H groups in total. The van der Waals surface area contributed by atoms with Gasteiger partial charge in [-0.15, -0.1) is 0 Å². The Morgan fingerprint density at radius 2 is 2.00 bits per heavy atom. The van der Waals surface area contributed by atoms with Crippen molar-refractivity contribution in [1.82, 2.24) is 0 Å². The molecule has 0 amide bonds. The molecule has 3 aliphatic rings. The van der Waals surface area contributed by atoms with Crippen LogP contribution >= 0.6 is 0 Å². The molecule has 3 heteroatoms. The number of carbonyl (C=O) groups is 1. The maximum Gasteiger partial charge on any atom is 0.309 e. The molecule has 0 unspecified atom stereocenters. The zero-order chi connectivity index (χ0) is 13.1. The van der Waals surface area contributed by atoms with Crippen molar-refractivity contribution in [1.29, 1.82) is 0 Å². The zero-order valence-corrected chi connectivity index (χ0v) is 11.6. The Balaban J connectivity index is 2.04. The van der Waals surface area contributed by atoms with Crippen molar-refractivity contribution in [3.63, 3.8) is 0 Å². The van der Waals surface area contributed by atoms with Gasteiger partial charge in [0.2, 0.25) is 0 Å². The average molecular weight is 252 g/mol. The molecule has 0 radical (unpaired) electrons. The molecular weight excluding hydrogens is 228 g/mol. The van der Waals surface area contributed by atoms with Crippen LogP contribution in [0.15, 0.2) is 0 Å². The summed E-state index contributed by atoms with van der Waals surface area (Å²) in [6.07, 6.45) is 3.81. The fraction of sp³-hybridized carbons (Fsp3) is 0.933. The highest BCUT2D eigenvalue weighted by Gasteiger charge is 2.62. The van der Waals surface area contributed by atoms with E-state index < -0.39 is 0 Å². The third kappa shape index (κ3) is 1.49. The Morgan fingerprint density at radius 3 is 2.72 bits per heavy atom. The van der Waals surface area contributed by atoms with Crippen LogP contribution in [-0.4, -0.2) is 23.8 Å². The lowest BCUT2D eigenvalue weighted by molar-refractivity contribution is -0.167. The highest BCUT2D eigenvalue weighted by molar-refractivity contribution is 5.76. The first-order valence-electron chi connectivity index (χ1n) is 7.21. The Bertz CT molecular complexity index is 376. The van der Waals surface area contributed by atoms with Gasteiger partial charge in [-0.25, -0.2) is 0 Å². The molecule has 18 heavy (non-hydrogen) atoms. The lowest BCUT2D eigenvalue weighted by atomic mass is 9.46. The van der Waals surface area contributed by atoms with Crippen LogP contribution in [0.1, 0.15) is 46.5 Å². The summed E-state index contributed by atoms with van der Waals surface area (Å²) in [5, 5.41) is 10.6. The van der Waals surface area contributed by atoms with Gasteiger partial charge in [-0.3, -0.25) is 4.79 Å². The minimum Gasteiger partial charge on any atom is -0.465 e. The van der Waals surface area contributed by atoms with Gasteiger partial charge in [0.25, 0.3) is 0 Å². The first kappa shape index (κ1) is 12.5. The number of aliphatic hydroxyl groups is 1. The van der Waals surface area contributed by atoms with Gasteiger partial charge in [0, 0.05) is 5.92 Å². The summed E-state index contributed by atoms with van der Waals surface area (Å²) < 4.78 is 5.28. The lowest BCUT2D eigenvalue weighted by Crippen LogP contribution is -2.57. The molecule has 0 bridgehead atoms. The van der Waals surface area contributed by atoms with Crippen molar-refractivity contribution in [2.45, 2.75) is 52.6 Å². The number of cyclic esters (lactones) is 1. The average Bonchev–Trinajstić information content (AvgIpc) is 2.58. The molecule has 3 nitrogen and oxygen atoms in total. The number of carbonyl (C=O) groups excluding carboxylic acids is 1. The normalized spacial score (nSPS) is 50.3. The molecule has 2 aliphatic carbocycles. The van der Waals surface area contributed by atoms with Crippen LogP contribution in [-0.2, 0) is 9.53 Å². The maximum atomic E-state index is 12.1. The summed E-state index contributed by atoms with van der Waals surface area (Å²) in [4.78, 5) is 12.1. The number of fused-ring (bicyclic) bond motifs is 3. The van der Waals surface area contributed by atoms with Crippen LogP contribution < -0.4 is 0 Å². The number of rotatable bonds is 0. The molecule has 2 saturated carbocycles. The van der Waals surface area contributed by atoms with Gasteiger partial charge in [-0.05, 0) is 36.0 Å². The van der Waals surface area contributed by atoms with Crippen molar-refractivity contribution >= 4 is 5.97 Å². The van der Waals surface area contributed by atoms with E-state index in [1.165, 1.54) is 0 Å². The van der Waals surface area contributed by atoms with Gasteiger partial charge in [0.05, 0.1) is 18.6 Å². The van der Waals surface area contributed by atoms with Crippen LogP contribution in [0.5, 0.6) is 0 Å². The first-order chi connectivity index (χ1) is 8.36. The third-order valence-electron chi connectivity index (χ3n) is 5.89. The maximum absolute atomic E-state index is 12.1. The zero-order valence-electron chi connectivity index (χ0n) is 11.6. The van der Waals surface area contributed by atoms with E-state index in [1.807, 2.05) is 0 Å². The van der Waals surface area contributed by atoms with E-state index in [0.717, 1.165) is 25.7 Å². The lowest BCUT2D eigenvalue weighted by Gasteiger charge is -2.58. The van der Waals surface area contributed by atoms with Gasteiger partial charge in [0.1, 0.15) is 0 Å². The summed E-state index contributed by atoms with van der Waals surface area (Å²) in [5.41, 5.74) is 0.0535. The topological polar surface area (TPSA) is 46.5 Å². The van der Waals surface area contributed by atoms with E-state index in [0.29, 0.717) is 6.61 Å². The van der Waals surface area contributed by atoms with Crippen LogP contribution in [0, 0.1) is 28.6 Å². The number of esters is 1. The number of hydrogen-bond acceptors (Lipinski definition) is 3. The van der Waals surface area contributed by atoms with E-state index in [1.54, 1.807) is 0 Å². The quantitative estimate of drug-likeness (QED) is 0.673. The van der Waals surface area contributed by atoms with Crippen LogP contribution in [0.4, 0.5) is 0 Å². The van der Waals surface area contributed by atoms with E-state index in [2.05, 4.69) is 20.8 Å². The fourth-order valence-corrected chi connectivity index (χ4v) is 5.46. The second-order valence-electron chi connectivity index (χ2n) is 7.50. The van der Waals surface area contributed by atoms with Crippen molar-refractivity contribution in [3.05, 3.63) is 0 Å². The van der Waals surface area contributed by atoms with Gasteiger partial charge in [-0.1, -0.05) is 27.2 Å². The van der Waals surface area contributed by atoms with Crippen molar-refractivity contribution in [2.24, 2.45) is 28.6 Å². The Hall–Kier alpha value is -0.570. The molecule has 0 spiro atoms. The fourth-order valence-electron chi connectivity index (χ4n) is 5.46. The molecule has 0 aromatic heterocycles. The molecule has 0 aromatic carbocycles. The molecule has 3 fully saturated rings. The monoisotopic (exact) mass is 252 g/mol. The van der Waals surface area contributed by atoms with Gasteiger partial charge in [0.15, 0.2) is 0 Å². The molecule has 3 rings (SSSR count). The van der Waals surface area contributed by atoms with E-state index in [4.69, 9.17) is 4.74 Å². The highest BCUT2D eigenvalue weighted by atomic mass is 16.5. The molecular formula is C15H24O3. The Morgan fingerprint density at radius 1 is 1.28 bits per heavy atom. The molecule has 1 saturated heterocycles. The Labute approximate surface area is 109 Å². The van der Waals surface area contributed by atoms with Gasteiger partial charge in [-0.2, -0.15) is 0 Å². The summed E-state index contributed by atoms with van der Waals surface area (Å²) in [7, 11) is 0. The molecule has 1 aliphatic heterocycles. The van der Waals surface area contributed by atoms with Crippen LogP contribution in [0.2, 0.25) is 0 Å². The van der Waals surface area contributed by atoms with Crippen LogP contribution in [0.3, 0.4) is 0 Å². The van der Waals surface area contributed by atoms with Gasteiger partial charge < -0.3 is 9.84 Å². The number of ether oxygens (including phenoxy) is 1. The molecule has 102 valence electrons. The second-order valence-corrected chi connectivity index (χ2v) is 7.50. The SMILES string of the molecule is CC1(C)CCC[C@]2(C)[C@H]3C(=O)OC[C@@H]3C[C@H](O)[C@@H]12. The Kier molecular flexibility index (Phi) is 2.58. The summed E-state index contributed by atoms with van der Waals surface area (Å²) in [6, 6.07) is 0. The number of aliphatic hydroxyl groups excluding tert-OH is 1. The standard InChI is InChI=1S/C15H24O3/c1-14(2)5-4-6-15(3)11-9(8-18-13(11)17)7-10(16)12(14)15/h9-12,16H,4-8H2,1-3H3/t9-,10-,11+,12-,15+/m0/s1. The first-order valence-corrected chi connectivity index (χ1v) is 7.21. The van der Waals surface area contributed by atoms with Gasteiger partial charge >= 0.3 is 5.97 Å². The second kappa shape index (κ2) is 3.72. The molecule has 1 heterocycles. The minimum absolute atomic E-state index is 0.0166. The minimum atomic E-state index is -0.277. The number of hydrogen-bond donors (Lipinski definition) is 1. The van der Waals surface area contributed by atoms with Crippen molar-refractivity contribution in [3.8, 4) is 0 Å². The summed E-state index contributed by atoms with van der Waals surface area (Å²) in [6.45, 7) is 7.23. The smallest absolute Gasteiger partial charge is 0.309 e. The van der Waals surface area contributed by atoms with E-state index in [-0.39, 0.29) is 40.7 Å². The molecule has 0 aromatic rings. The predicted octanol–water partition coefficient (Wildman–Crippen LogP) is 2.37. The summed E-state index contributed by atoms with van der Waals surface area (Å²) in [5.74, 6) is 0.468. The van der Waals surface area contributed by atoms with Crippen molar-refractivity contribution in [2.75, 3.05) is 6.61 Å². The van der Waals surface area contributed by atoms with Crippen molar-refractivity contribution < 1.29 is 14.6 Å². The van der Waals surface area contributed by atoms with Crippen LogP contribution in [0.25, 0.3) is 0 Å². The van der Waals surface area contributed by atoms with E-state index >= 15 is 0 Å².